The number of hydrogen-bond donors (Lipinski definition) is 1. The summed E-state index contributed by atoms with van der Waals surface area (Å²) in [6.45, 7) is 10.3. The van der Waals surface area contributed by atoms with E-state index in [4.69, 9.17) is 0 Å². The quantitative estimate of drug-likeness (QED) is 0.750. The molecule has 21 heavy (non-hydrogen) atoms. The summed E-state index contributed by atoms with van der Waals surface area (Å²) in [5, 5.41) is 5.11. The Hall–Kier alpha value is -0.903. The molecule has 1 nitrogen and oxygen atoms in total. The second kappa shape index (κ2) is 6.90. The van der Waals surface area contributed by atoms with Gasteiger partial charge in [0.2, 0.25) is 0 Å². The molecular formula is C18H24BrNSi. The molecule has 0 bridgehead atoms. The van der Waals surface area contributed by atoms with Gasteiger partial charge in [-0.25, -0.2) is 0 Å². The predicted octanol–water partition coefficient (Wildman–Crippen LogP) is 4.85. The molecule has 0 amide bonds. The van der Waals surface area contributed by atoms with Crippen molar-refractivity contribution in [3.63, 3.8) is 0 Å². The highest BCUT2D eigenvalue weighted by molar-refractivity contribution is 9.10. The largest absolute Gasteiger partial charge is 0.306 e. The molecule has 3 heteroatoms. The first-order valence-electron chi connectivity index (χ1n) is 7.45. The second-order valence-electron chi connectivity index (χ2n) is 6.57. The van der Waals surface area contributed by atoms with Crippen molar-refractivity contribution in [1.29, 1.82) is 0 Å². The lowest BCUT2D eigenvalue weighted by Gasteiger charge is -2.18. The van der Waals surface area contributed by atoms with Crippen LogP contribution < -0.4 is 10.5 Å². The number of benzene rings is 2. The molecule has 0 aliphatic rings. The van der Waals surface area contributed by atoms with Crippen molar-refractivity contribution in [2.24, 2.45) is 0 Å². The Labute approximate surface area is 137 Å². The van der Waals surface area contributed by atoms with Gasteiger partial charge >= 0.3 is 0 Å². The first-order valence-corrected chi connectivity index (χ1v) is 11.7. The van der Waals surface area contributed by atoms with Crippen LogP contribution in [0.15, 0.2) is 53.0 Å². The Balaban J connectivity index is 1.99. The van der Waals surface area contributed by atoms with E-state index in [1.807, 2.05) is 0 Å². The topological polar surface area (TPSA) is 12.0 Å². The zero-order valence-electron chi connectivity index (χ0n) is 13.3. The highest BCUT2D eigenvalue weighted by Crippen LogP contribution is 2.22. The molecule has 112 valence electrons. The van der Waals surface area contributed by atoms with E-state index in [1.165, 1.54) is 20.8 Å². The van der Waals surface area contributed by atoms with E-state index in [0.29, 0.717) is 6.04 Å². The molecule has 0 spiro atoms. The number of rotatable bonds is 5. The predicted molar refractivity (Wildman–Crippen MR) is 98.8 cm³/mol. The highest BCUT2D eigenvalue weighted by Gasteiger charge is 2.15. The van der Waals surface area contributed by atoms with Gasteiger partial charge in [-0.15, -0.1) is 0 Å². The molecule has 0 saturated heterocycles. The molecule has 1 N–H and O–H groups in total. The molecule has 2 aromatic rings. The fraction of sp³-hybridized carbons (Fsp3) is 0.333. The third-order valence-corrected chi connectivity index (χ3v) is 6.59. The normalized spacial score (nSPS) is 13.2. The average molecular weight is 362 g/mol. The number of halogens is 1. The van der Waals surface area contributed by atoms with Crippen LogP contribution in [0, 0.1) is 0 Å². The molecule has 0 radical (unpaired) electrons. The van der Waals surface area contributed by atoms with Gasteiger partial charge in [0.25, 0.3) is 0 Å². The standard InChI is InChI=1S/C18H24BrNSi/c1-14(17-7-5-6-8-18(17)19)20-13-15-9-11-16(12-10-15)21(2,3)4/h5-12,14,20H,13H2,1-4H3/t14-/m1/s1. The number of hydrogen-bond acceptors (Lipinski definition) is 1. The summed E-state index contributed by atoms with van der Waals surface area (Å²) in [4.78, 5) is 0. The maximum Gasteiger partial charge on any atom is 0.0775 e. The van der Waals surface area contributed by atoms with Crippen molar-refractivity contribution in [2.45, 2.75) is 39.2 Å². The first-order chi connectivity index (χ1) is 9.88. The maximum absolute atomic E-state index is 3.62. The van der Waals surface area contributed by atoms with Gasteiger partial charge in [0.1, 0.15) is 0 Å². The van der Waals surface area contributed by atoms with Gasteiger partial charge in [-0.1, -0.05) is 83.2 Å². The summed E-state index contributed by atoms with van der Waals surface area (Å²) < 4.78 is 1.17. The van der Waals surface area contributed by atoms with Crippen LogP contribution in [0.4, 0.5) is 0 Å². The fourth-order valence-electron chi connectivity index (χ4n) is 2.33. The van der Waals surface area contributed by atoms with Crippen molar-refractivity contribution in [3.8, 4) is 0 Å². The molecule has 0 heterocycles. The molecule has 0 unspecified atom stereocenters. The van der Waals surface area contributed by atoms with Crippen LogP contribution in [0.2, 0.25) is 19.6 Å². The van der Waals surface area contributed by atoms with Crippen LogP contribution in [0.3, 0.4) is 0 Å². The Kier molecular flexibility index (Phi) is 5.41. The smallest absolute Gasteiger partial charge is 0.0775 e. The van der Waals surface area contributed by atoms with Crippen LogP contribution >= 0.6 is 15.9 Å². The van der Waals surface area contributed by atoms with E-state index in [1.54, 1.807) is 0 Å². The van der Waals surface area contributed by atoms with Crippen LogP contribution in [0.1, 0.15) is 24.1 Å². The Morgan fingerprint density at radius 1 is 1.00 bits per heavy atom. The molecule has 0 fully saturated rings. The molecule has 1 atom stereocenters. The van der Waals surface area contributed by atoms with Gasteiger partial charge < -0.3 is 5.32 Å². The molecule has 0 aromatic heterocycles. The molecular weight excluding hydrogens is 338 g/mol. The monoisotopic (exact) mass is 361 g/mol. The Morgan fingerprint density at radius 2 is 1.62 bits per heavy atom. The van der Waals surface area contributed by atoms with Crippen LogP contribution in [-0.4, -0.2) is 8.07 Å². The van der Waals surface area contributed by atoms with E-state index in [9.17, 15) is 0 Å². The van der Waals surface area contributed by atoms with Gasteiger partial charge in [0.15, 0.2) is 0 Å². The third kappa shape index (κ3) is 4.53. The van der Waals surface area contributed by atoms with E-state index in [2.05, 4.69) is 96.3 Å². The van der Waals surface area contributed by atoms with Gasteiger partial charge in [-0.05, 0) is 24.1 Å². The van der Waals surface area contributed by atoms with Gasteiger partial charge in [-0.2, -0.15) is 0 Å². The minimum atomic E-state index is -1.19. The zero-order valence-corrected chi connectivity index (χ0v) is 15.9. The third-order valence-electron chi connectivity index (χ3n) is 3.80. The van der Waals surface area contributed by atoms with Crippen LogP contribution in [-0.2, 0) is 6.54 Å². The maximum atomic E-state index is 3.62. The summed E-state index contributed by atoms with van der Waals surface area (Å²) >= 11 is 3.62. The SMILES string of the molecule is C[C@@H](NCc1ccc([Si](C)(C)C)cc1)c1ccccc1Br. The highest BCUT2D eigenvalue weighted by atomic mass is 79.9. The summed E-state index contributed by atoms with van der Waals surface area (Å²) in [5.74, 6) is 0. The lowest BCUT2D eigenvalue weighted by molar-refractivity contribution is 0.573. The van der Waals surface area contributed by atoms with Crippen LogP contribution in [0.5, 0.6) is 0 Å². The Bertz CT molecular complexity index is 587. The Morgan fingerprint density at radius 3 is 2.19 bits per heavy atom. The fourth-order valence-corrected chi connectivity index (χ4v) is 4.12. The lowest BCUT2D eigenvalue weighted by Crippen LogP contribution is -2.37. The van der Waals surface area contributed by atoms with E-state index >= 15 is 0 Å². The molecule has 2 aromatic carbocycles. The van der Waals surface area contributed by atoms with E-state index < -0.39 is 8.07 Å². The van der Waals surface area contributed by atoms with Crippen molar-refractivity contribution in [2.75, 3.05) is 0 Å². The molecule has 0 saturated carbocycles. The summed E-state index contributed by atoms with van der Waals surface area (Å²) in [5.41, 5.74) is 2.65. The molecule has 0 aliphatic carbocycles. The lowest BCUT2D eigenvalue weighted by atomic mass is 10.1. The van der Waals surface area contributed by atoms with E-state index in [0.717, 1.165) is 6.54 Å². The van der Waals surface area contributed by atoms with Crippen molar-refractivity contribution in [1.82, 2.24) is 5.32 Å². The molecule has 2 rings (SSSR count). The van der Waals surface area contributed by atoms with E-state index in [-0.39, 0.29) is 0 Å². The van der Waals surface area contributed by atoms with Gasteiger partial charge in [0, 0.05) is 17.1 Å². The van der Waals surface area contributed by atoms with Crippen molar-refractivity contribution in [3.05, 3.63) is 64.1 Å². The van der Waals surface area contributed by atoms with Crippen LogP contribution in [0.25, 0.3) is 0 Å². The van der Waals surface area contributed by atoms with Gasteiger partial charge in [-0.3, -0.25) is 0 Å². The van der Waals surface area contributed by atoms with Crippen molar-refractivity contribution < 1.29 is 0 Å². The number of nitrogens with one attached hydrogen (secondary N) is 1. The zero-order chi connectivity index (χ0) is 15.5. The molecule has 0 aliphatic heterocycles. The minimum Gasteiger partial charge on any atom is -0.306 e. The minimum absolute atomic E-state index is 0.331. The van der Waals surface area contributed by atoms with Crippen molar-refractivity contribution >= 4 is 29.2 Å². The van der Waals surface area contributed by atoms with Gasteiger partial charge in [0.05, 0.1) is 8.07 Å². The summed E-state index contributed by atoms with van der Waals surface area (Å²) in [7, 11) is -1.19. The first kappa shape index (κ1) is 16.5. The summed E-state index contributed by atoms with van der Waals surface area (Å²) in [6, 6.07) is 17.8. The second-order valence-corrected chi connectivity index (χ2v) is 12.5. The summed E-state index contributed by atoms with van der Waals surface area (Å²) in [6.07, 6.45) is 0. The average Bonchev–Trinajstić information content (AvgIpc) is 2.45.